The van der Waals surface area contributed by atoms with Gasteiger partial charge in [0.1, 0.15) is 28.2 Å². The Bertz CT molecular complexity index is 987. The molecule has 6 heteroatoms. The quantitative estimate of drug-likeness (QED) is 0.626. The van der Waals surface area contributed by atoms with E-state index in [1.807, 2.05) is 13.8 Å². The van der Waals surface area contributed by atoms with Crippen LogP contribution in [0, 0.1) is 5.92 Å². The fourth-order valence-corrected chi connectivity index (χ4v) is 2.43. The minimum absolute atomic E-state index is 0.0832. The van der Waals surface area contributed by atoms with Crippen molar-refractivity contribution in [3.63, 3.8) is 0 Å². The van der Waals surface area contributed by atoms with Gasteiger partial charge >= 0.3 is 0 Å². The molecule has 3 rings (SSSR count). The fraction of sp³-hybridized carbons (Fsp3) is 0.211. The normalized spacial score (nSPS) is 11.2. The summed E-state index contributed by atoms with van der Waals surface area (Å²) >= 11 is 0. The average molecular weight is 342 g/mol. The van der Waals surface area contributed by atoms with Crippen LogP contribution in [-0.2, 0) is 0 Å². The molecule has 0 spiro atoms. The molecule has 0 fully saturated rings. The van der Waals surface area contributed by atoms with Gasteiger partial charge in [0, 0.05) is 23.8 Å². The molecule has 3 aromatic rings. The summed E-state index contributed by atoms with van der Waals surface area (Å²) in [6.07, 6.45) is 0. The third kappa shape index (κ3) is 3.38. The van der Waals surface area contributed by atoms with Crippen molar-refractivity contribution in [3.05, 3.63) is 46.6 Å². The molecular weight excluding hydrogens is 324 g/mol. The van der Waals surface area contributed by atoms with Gasteiger partial charge in [-0.1, -0.05) is 13.8 Å². The maximum Gasteiger partial charge on any atom is 0.197 e. The monoisotopic (exact) mass is 342 g/mol. The molecule has 0 aliphatic heterocycles. The molecule has 25 heavy (non-hydrogen) atoms. The maximum atomic E-state index is 12.6. The molecule has 0 saturated carbocycles. The number of phenols is 3. The van der Waals surface area contributed by atoms with E-state index in [-0.39, 0.29) is 51.1 Å². The van der Waals surface area contributed by atoms with Crippen molar-refractivity contribution in [2.75, 3.05) is 6.61 Å². The molecular formula is C19H18O6. The maximum absolute atomic E-state index is 12.6. The van der Waals surface area contributed by atoms with E-state index < -0.39 is 0 Å². The van der Waals surface area contributed by atoms with E-state index >= 15 is 0 Å². The van der Waals surface area contributed by atoms with Crippen molar-refractivity contribution < 1.29 is 24.5 Å². The van der Waals surface area contributed by atoms with E-state index in [0.717, 1.165) is 0 Å². The second-order valence-electron chi connectivity index (χ2n) is 6.20. The summed E-state index contributed by atoms with van der Waals surface area (Å²) in [5.74, 6) is 0.0422. The Morgan fingerprint density at radius 3 is 2.48 bits per heavy atom. The minimum Gasteiger partial charge on any atom is -0.508 e. The number of fused-ring (bicyclic) bond motifs is 1. The Morgan fingerprint density at radius 2 is 1.80 bits per heavy atom. The van der Waals surface area contributed by atoms with Crippen LogP contribution in [-0.4, -0.2) is 21.9 Å². The van der Waals surface area contributed by atoms with Crippen LogP contribution in [0.3, 0.4) is 0 Å². The van der Waals surface area contributed by atoms with Gasteiger partial charge < -0.3 is 24.5 Å². The number of benzene rings is 2. The minimum atomic E-state index is -0.331. The molecule has 1 aromatic heterocycles. The van der Waals surface area contributed by atoms with Gasteiger partial charge in [0.15, 0.2) is 16.9 Å². The molecule has 130 valence electrons. The van der Waals surface area contributed by atoms with E-state index in [2.05, 4.69) is 0 Å². The Labute approximate surface area is 143 Å². The zero-order valence-electron chi connectivity index (χ0n) is 13.8. The van der Waals surface area contributed by atoms with Gasteiger partial charge in [0.25, 0.3) is 0 Å². The third-order valence-electron chi connectivity index (χ3n) is 3.61. The Hall–Kier alpha value is -3.15. The highest BCUT2D eigenvalue weighted by molar-refractivity contribution is 5.86. The fourth-order valence-electron chi connectivity index (χ4n) is 2.43. The number of phenolic OH excluding ortho intramolecular Hbond substituents is 3. The standard InChI is InChI=1S/C19H18O6/c1-10(2)9-24-17-6-12(20)7-18-19(17)15(23)8-16(25-18)11-3-4-13(21)14(22)5-11/h3-8,10,20-22H,9H2,1-2H3. The second kappa shape index (κ2) is 6.39. The molecule has 0 bridgehead atoms. The lowest BCUT2D eigenvalue weighted by Crippen LogP contribution is -2.08. The molecule has 0 aliphatic carbocycles. The van der Waals surface area contributed by atoms with Gasteiger partial charge in [0.2, 0.25) is 0 Å². The topological polar surface area (TPSA) is 100 Å². The predicted molar refractivity (Wildman–Crippen MR) is 93.2 cm³/mol. The van der Waals surface area contributed by atoms with Crippen LogP contribution in [0.15, 0.2) is 45.6 Å². The third-order valence-corrected chi connectivity index (χ3v) is 3.61. The van der Waals surface area contributed by atoms with E-state index in [1.54, 1.807) is 0 Å². The summed E-state index contributed by atoms with van der Waals surface area (Å²) in [6.45, 7) is 4.34. The summed E-state index contributed by atoms with van der Waals surface area (Å²) in [5.41, 5.74) is 0.263. The van der Waals surface area contributed by atoms with Gasteiger partial charge in [-0.25, -0.2) is 0 Å². The molecule has 2 aromatic carbocycles. The first kappa shape index (κ1) is 16.7. The molecule has 6 nitrogen and oxygen atoms in total. The molecule has 0 saturated heterocycles. The summed E-state index contributed by atoms with van der Waals surface area (Å²) in [5, 5.41) is 29.2. The highest BCUT2D eigenvalue weighted by Crippen LogP contribution is 2.34. The number of ether oxygens (including phenoxy) is 1. The van der Waals surface area contributed by atoms with E-state index in [9.17, 15) is 20.1 Å². The van der Waals surface area contributed by atoms with Crippen molar-refractivity contribution in [2.24, 2.45) is 5.92 Å². The average Bonchev–Trinajstić information content (AvgIpc) is 2.54. The zero-order chi connectivity index (χ0) is 18.1. The summed E-state index contributed by atoms with van der Waals surface area (Å²) in [6, 6.07) is 8.11. The van der Waals surface area contributed by atoms with Gasteiger partial charge in [-0.05, 0) is 24.1 Å². The Balaban J connectivity index is 2.16. The van der Waals surface area contributed by atoms with Crippen LogP contribution in [0.2, 0.25) is 0 Å². The smallest absolute Gasteiger partial charge is 0.197 e. The molecule has 0 radical (unpaired) electrons. The number of hydrogen-bond acceptors (Lipinski definition) is 6. The van der Waals surface area contributed by atoms with Crippen LogP contribution in [0.4, 0.5) is 0 Å². The van der Waals surface area contributed by atoms with Crippen LogP contribution in [0.1, 0.15) is 13.8 Å². The van der Waals surface area contributed by atoms with Crippen molar-refractivity contribution in [2.45, 2.75) is 13.8 Å². The molecule has 3 N–H and O–H groups in total. The van der Waals surface area contributed by atoms with Gasteiger partial charge in [0.05, 0.1) is 6.61 Å². The first-order valence-corrected chi connectivity index (χ1v) is 7.81. The molecule has 0 unspecified atom stereocenters. The summed E-state index contributed by atoms with van der Waals surface area (Å²) in [7, 11) is 0. The summed E-state index contributed by atoms with van der Waals surface area (Å²) < 4.78 is 11.3. The largest absolute Gasteiger partial charge is 0.508 e. The van der Waals surface area contributed by atoms with Crippen molar-refractivity contribution in [3.8, 4) is 34.3 Å². The number of aromatic hydroxyl groups is 3. The Morgan fingerprint density at radius 1 is 1.04 bits per heavy atom. The van der Waals surface area contributed by atoms with Crippen molar-refractivity contribution in [1.29, 1.82) is 0 Å². The van der Waals surface area contributed by atoms with E-state index in [0.29, 0.717) is 12.2 Å². The number of hydrogen-bond donors (Lipinski definition) is 3. The Kier molecular flexibility index (Phi) is 4.27. The van der Waals surface area contributed by atoms with Crippen LogP contribution in [0.25, 0.3) is 22.3 Å². The van der Waals surface area contributed by atoms with Crippen LogP contribution < -0.4 is 10.2 Å². The highest BCUT2D eigenvalue weighted by Gasteiger charge is 2.15. The molecule has 0 amide bonds. The summed E-state index contributed by atoms with van der Waals surface area (Å²) in [4.78, 5) is 12.6. The molecule has 1 heterocycles. The predicted octanol–water partition coefficient (Wildman–Crippen LogP) is 3.61. The highest BCUT2D eigenvalue weighted by atomic mass is 16.5. The zero-order valence-corrected chi connectivity index (χ0v) is 13.8. The van der Waals surface area contributed by atoms with Crippen LogP contribution in [0.5, 0.6) is 23.0 Å². The second-order valence-corrected chi connectivity index (χ2v) is 6.20. The van der Waals surface area contributed by atoms with Crippen LogP contribution >= 0.6 is 0 Å². The van der Waals surface area contributed by atoms with Gasteiger partial charge in [-0.2, -0.15) is 0 Å². The molecule has 0 aliphatic rings. The van der Waals surface area contributed by atoms with Gasteiger partial charge in [-0.3, -0.25) is 4.79 Å². The number of rotatable bonds is 4. The van der Waals surface area contributed by atoms with Crippen molar-refractivity contribution >= 4 is 11.0 Å². The van der Waals surface area contributed by atoms with Gasteiger partial charge in [-0.15, -0.1) is 0 Å². The van der Waals surface area contributed by atoms with Crippen molar-refractivity contribution in [1.82, 2.24) is 0 Å². The lowest BCUT2D eigenvalue weighted by Gasteiger charge is -2.12. The molecule has 0 atom stereocenters. The van der Waals surface area contributed by atoms with E-state index in [4.69, 9.17) is 9.15 Å². The lowest BCUT2D eigenvalue weighted by atomic mass is 10.1. The van der Waals surface area contributed by atoms with E-state index in [1.165, 1.54) is 36.4 Å². The first-order valence-electron chi connectivity index (χ1n) is 7.81. The SMILES string of the molecule is CC(C)COc1cc(O)cc2oc(-c3ccc(O)c(O)c3)cc(=O)c12. The first-order chi connectivity index (χ1) is 11.8. The lowest BCUT2D eigenvalue weighted by molar-refractivity contribution is 0.272.